The fourth-order valence-corrected chi connectivity index (χ4v) is 9.87. The molecule has 0 radical (unpaired) electrons. The molecular weight excluding hydrogens is 669 g/mol. The summed E-state index contributed by atoms with van der Waals surface area (Å²) >= 11 is 1.85. The van der Waals surface area contributed by atoms with Crippen LogP contribution in [0.4, 0.5) is 22.7 Å². The van der Waals surface area contributed by atoms with E-state index in [2.05, 4.69) is 168 Å². The lowest BCUT2D eigenvalue weighted by Gasteiger charge is -2.25. The third-order valence-electron chi connectivity index (χ3n) is 10.8. The highest BCUT2D eigenvalue weighted by Crippen LogP contribution is 2.47. The van der Waals surface area contributed by atoms with Gasteiger partial charge in [-0.3, -0.25) is 4.40 Å². The Hall–Kier alpha value is -6.37. The Morgan fingerprint density at radius 1 is 0.585 bits per heavy atom. The number of anilines is 4. The minimum Gasteiger partial charge on any atom is -0.457 e. The Morgan fingerprint density at radius 2 is 1.32 bits per heavy atom. The van der Waals surface area contributed by atoms with E-state index in [1.54, 1.807) is 0 Å². The topological polar surface area (TPSA) is 33.0 Å². The molecule has 7 aromatic carbocycles. The SMILES string of the molecule is Cc1cc(C)c(N2CN(c3cccc(Oc4ccc5c(c4)c4nc6ccccc6n4c4c5ccc5sc6ccccc6c54)c3)c3ccccc32)c(C)c1. The van der Waals surface area contributed by atoms with E-state index < -0.39 is 0 Å². The number of imidazole rings is 1. The Morgan fingerprint density at radius 3 is 2.19 bits per heavy atom. The van der Waals surface area contributed by atoms with Crippen LogP contribution in [0.2, 0.25) is 0 Å². The first-order valence-electron chi connectivity index (χ1n) is 18.1. The van der Waals surface area contributed by atoms with E-state index in [1.807, 2.05) is 17.4 Å². The number of hydrogen-bond donors (Lipinski definition) is 0. The van der Waals surface area contributed by atoms with Gasteiger partial charge in [0, 0.05) is 48.4 Å². The first-order valence-corrected chi connectivity index (χ1v) is 18.9. The molecule has 1 aliphatic heterocycles. The van der Waals surface area contributed by atoms with Crippen LogP contribution in [0.1, 0.15) is 16.7 Å². The van der Waals surface area contributed by atoms with Gasteiger partial charge in [-0.1, -0.05) is 72.3 Å². The van der Waals surface area contributed by atoms with Crippen LogP contribution < -0.4 is 14.5 Å². The zero-order valence-electron chi connectivity index (χ0n) is 29.6. The summed E-state index contributed by atoms with van der Waals surface area (Å²) in [7, 11) is 0. The summed E-state index contributed by atoms with van der Waals surface area (Å²) < 4.78 is 11.7. The molecule has 0 amide bonds. The van der Waals surface area contributed by atoms with Crippen molar-refractivity contribution in [3.05, 3.63) is 156 Å². The summed E-state index contributed by atoms with van der Waals surface area (Å²) in [5.74, 6) is 1.57. The minimum atomic E-state index is 0.717. The van der Waals surface area contributed by atoms with Gasteiger partial charge in [0.05, 0.1) is 27.9 Å². The number of para-hydroxylation sites is 4. The second-order valence-corrected chi connectivity index (χ2v) is 15.3. The van der Waals surface area contributed by atoms with Gasteiger partial charge in [-0.15, -0.1) is 11.3 Å². The van der Waals surface area contributed by atoms with Crippen LogP contribution in [0.25, 0.3) is 58.5 Å². The number of hydrogen-bond acceptors (Lipinski definition) is 5. The van der Waals surface area contributed by atoms with E-state index in [0.717, 1.165) is 44.6 Å². The van der Waals surface area contributed by atoms with Crippen molar-refractivity contribution in [2.45, 2.75) is 20.8 Å². The quantitative estimate of drug-likeness (QED) is 0.171. The van der Waals surface area contributed by atoms with Crippen molar-refractivity contribution in [2.24, 2.45) is 0 Å². The van der Waals surface area contributed by atoms with E-state index in [9.17, 15) is 0 Å². The fourth-order valence-electron chi connectivity index (χ4n) is 8.76. The average Bonchev–Trinajstić information content (AvgIpc) is 3.87. The van der Waals surface area contributed by atoms with Crippen LogP contribution in [0.15, 0.2) is 140 Å². The lowest BCUT2D eigenvalue weighted by atomic mass is 10.0. The monoisotopic (exact) mass is 702 g/mol. The number of pyridine rings is 1. The highest BCUT2D eigenvalue weighted by atomic mass is 32.1. The standard InChI is InChI=1S/C47H34N4OS/c1-28-23-29(2)45(30(3)24-28)50-27-49(40-16-7-8-17-41(40)50)31-11-10-12-32(25-31)52-33-19-20-34-35-21-22-43-44(36-13-4-9-18-42(36)53-43)46(35)51-39-15-6-5-14-38(39)48-47(51)37(34)26-33/h4-26H,27H2,1-3H3. The number of fused-ring (bicyclic) bond motifs is 13. The van der Waals surface area contributed by atoms with Crippen LogP contribution in [0.5, 0.6) is 11.5 Å². The van der Waals surface area contributed by atoms with E-state index >= 15 is 0 Å². The van der Waals surface area contributed by atoms with Gasteiger partial charge in [0.2, 0.25) is 0 Å². The average molecular weight is 703 g/mol. The number of ether oxygens (including phenoxy) is 1. The predicted octanol–water partition coefficient (Wildman–Crippen LogP) is 13.1. The van der Waals surface area contributed by atoms with Gasteiger partial charge in [-0.05, 0) is 104 Å². The van der Waals surface area contributed by atoms with Crippen molar-refractivity contribution in [1.82, 2.24) is 9.38 Å². The Bertz CT molecular complexity index is 3120. The van der Waals surface area contributed by atoms with Crippen LogP contribution in [-0.2, 0) is 0 Å². The molecule has 0 spiro atoms. The van der Waals surface area contributed by atoms with E-state index in [-0.39, 0.29) is 0 Å². The molecule has 1 aliphatic rings. The van der Waals surface area contributed by atoms with Gasteiger partial charge < -0.3 is 14.5 Å². The number of thiophene rings is 1. The molecular formula is C47H34N4OS. The Kier molecular flexibility index (Phi) is 6.46. The highest BCUT2D eigenvalue weighted by Gasteiger charge is 2.30. The van der Waals surface area contributed by atoms with E-state index in [0.29, 0.717) is 6.67 Å². The summed E-state index contributed by atoms with van der Waals surface area (Å²) in [4.78, 5) is 10.1. The van der Waals surface area contributed by atoms with Gasteiger partial charge in [-0.2, -0.15) is 0 Å². The van der Waals surface area contributed by atoms with Crippen molar-refractivity contribution in [3.63, 3.8) is 0 Å². The van der Waals surface area contributed by atoms with Crippen molar-refractivity contribution in [1.29, 1.82) is 0 Å². The molecule has 0 N–H and O–H groups in total. The van der Waals surface area contributed by atoms with Crippen LogP contribution >= 0.6 is 11.3 Å². The molecule has 0 bridgehead atoms. The molecule has 3 aromatic heterocycles. The number of aryl methyl sites for hydroxylation is 3. The number of benzene rings is 7. The molecule has 6 heteroatoms. The molecule has 0 saturated carbocycles. The molecule has 0 unspecified atom stereocenters. The van der Waals surface area contributed by atoms with Crippen molar-refractivity contribution in [2.75, 3.05) is 16.5 Å². The molecule has 4 heterocycles. The zero-order valence-corrected chi connectivity index (χ0v) is 30.4. The van der Waals surface area contributed by atoms with Gasteiger partial charge in [0.15, 0.2) is 0 Å². The number of nitrogens with zero attached hydrogens (tertiary/aromatic N) is 4. The summed E-state index contributed by atoms with van der Waals surface area (Å²) in [6.07, 6.45) is 0. The van der Waals surface area contributed by atoms with E-state index in [1.165, 1.54) is 64.8 Å². The maximum atomic E-state index is 6.71. The molecule has 0 atom stereocenters. The molecule has 254 valence electrons. The second kappa shape index (κ2) is 11.3. The summed E-state index contributed by atoms with van der Waals surface area (Å²) in [6.45, 7) is 7.31. The molecule has 53 heavy (non-hydrogen) atoms. The maximum absolute atomic E-state index is 6.71. The number of aromatic nitrogens is 2. The lowest BCUT2D eigenvalue weighted by Crippen LogP contribution is -2.25. The number of rotatable bonds is 4. The van der Waals surface area contributed by atoms with Gasteiger partial charge in [0.25, 0.3) is 0 Å². The van der Waals surface area contributed by atoms with Crippen LogP contribution in [0, 0.1) is 20.8 Å². The minimum absolute atomic E-state index is 0.717. The molecule has 0 aliphatic carbocycles. The predicted molar refractivity (Wildman–Crippen MR) is 223 cm³/mol. The highest BCUT2D eigenvalue weighted by molar-refractivity contribution is 7.26. The Balaban J connectivity index is 1.03. The molecule has 10 aromatic rings. The fraction of sp³-hybridized carbons (Fsp3) is 0.0851. The van der Waals surface area contributed by atoms with Gasteiger partial charge in [0.1, 0.15) is 23.8 Å². The summed E-state index contributed by atoms with van der Waals surface area (Å²) in [5, 5.41) is 6.00. The van der Waals surface area contributed by atoms with E-state index in [4.69, 9.17) is 9.72 Å². The molecule has 0 saturated heterocycles. The zero-order chi connectivity index (χ0) is 35.4. The third-order valence-corrected chi connectivity index (χ3v) is 12.0. The van der Waals surface area contributed by atoms with Crippen LogP contribution in [-0.4, -0.2) is 16.1 Å². The van der Waals surface area contributed by atoms with Crippen LogP contribution in [0.3, 0.4) is 0 Å². The normalized spacial score (nSPS) is 13.0. The van der Waals surface area contributed by atoms with Crippen molar-refractivity contribution >= 4 is 92.6 Å². The third kappa shape index (κ3) is 4.52. The first-order chi connectivity index (χ1) is 26.0. The Labute approximate surface area is 310 Å². The second-order valence-electron chi connectivity index (χ2n) is 14.2. The lowest BCUT2D eigenvalue weighted by molar-refractivity contribution is 0.483. The van der Waals surface area contributed by atoms with Gasteiger partial charge in [-0.25, -0.2) is 4.98 Å². The first kappa shape index (κ1) is 30.3. The van der Waals surface area contributed by atoms with Crippen molar-refractivity contribution in [3.8, 4) is 11.5 Å². The molecule has 11 rings (SSSR count). The summed E-state index contributed by atoms with van der Waals surface area (Å²) in [6, 6.07) is 49.9. The largest absolute Gasteiger partial charge is 0.457 e. The van der Waals surface area contributed by atoms with Gasteiger partial charge >= 0.3 is 0 Å². The smallest absolute Gasteiger partial charge is 0.146 e. The summed E-state index contributed by atoms with van der Waals surface area (Å²) in [5.41, 5.74) is 12.8. The maximum Gasteiger partial charge on any atom is 0.146 e. The molecule has 0 fully saturated rings. The molecule has 5 nitrogen and oxygen atoms in total. The van der Waals surface area contributed by atoms with Crippen molar-refractivity contribution < 1.29 is 4.74 Å².